The fraction of sp³-hybridized carbons (Fsp3) is 0.429. The van der Waals surface area contributed by atoms with E-state index in [1.165, 1.54) is 6.33 Å². The third kappa shape index (κ3) is 1.12. The number of fused-ring (bicyclic) bond motifs is 1. The number of thioether (sulfide) groups is 1. The molecule has 2 nitrogen and oxygen atoms in total. The van der Waals surface area contributed by atoms with E-state index in [9.17, 15) is 0 Å². The highest BCUT2D eigenvalue weighted by molar-refractivity contribution is 7.99. The van der Waals surface area contributed by atoms with Gasteiger partial charge in [-0.15, -0.1) is 11.8 Å². The lowest BCUT2D eigenvalue weighted by molar-refractivity contribution is 0.845. The lowest BCUT2D eigenvalue weighted by Gasteiger charge is -2.02. The number of hydrogen-bond donors (Lipinski definition) is 0. The van der Waals surface area contributed by atoms with E-state index in [4.69, 9.17) is 11.6 Å². The molecule has 1 unspecified atom stereocenters. The lowest BCUT2D eigenvalue weighted by atomic mass is 10.1. The molecule has 0 saturated heterocycles. The molecule has 0 fully saturated rings. The van der Waals surface area contributed by atoms with E-state index in [2.05, 4.69) is 16.9 Å². The zero-order valence-electron chi connectivity index (χ0n) is 6.04. The van der Waals surface area contributed by atoms with Gasteiger partial charge in [-0.1, -0.05) is 18.5 Å². The maximum absolute atomic E-state index is 5.90. The first-order valence-electron chi connectivity index (χ1n) is 3.42. The fourth-order valence-corrected chi connectivity index (χ4v) is 2.70. The Morgan fingerprint density at radius 1 is 1.64 bits per heavy atom. The van der Waals surface area contributed by atoms with Gasteiger partial charge in [0.05, 0.1) is 0 Å². The molecule has 4 heteroatoms. The fourth-order valence-electron chi connectivity index (χ4n) is 1.18. The van der Waals surface area contributed by atoms with Crippen molar-refractivity contribution in [2.24, 2.45) is 0 Å². The predicted molar refractivity (Wildman–Crippen MR) is 46.2 cm³/mol. The van der Waals surface area contributed by atoms with Gasteiger partial charge in [-0.3, -0.25) is 0 Å². The summed E-state index contributed by atoms with van der Waals surface area (Å²) < 4.78 is 0. The van der Waals surface area contributed by atoms with Crippen LogP contribution >= 0.6 is 23.4 Å². The van der Waals surface area contributed by atoms with Crippen molar-refractivity contribution in [3.05, 3.63) is 17.0 Å². The van der Waals surface area contributed by atoms with Crippen LogP contribution in [0.15, 0.2) is 11.4 Å². The molecule has 0 bridgehead atoms. The van der Waals surface area contributed by atoms with Crippen LogP contribution in [0, 0.1) is 0 Å². The van der Waals surface area contributed by atoms with Crippen molar-refractivity contribution < 1.29 is 0 Å². The van der Waals surface area contributed by atoms with E-state index in [0.717, 1.165) is 16.3 Å². The molecule has 0 aliphatic carbocycles. The van der Waals surface area contributed by atoms with E-state index in [1.54, 1.807) is 11.8 Å². The van der Waals surface area contributed by atoms with Crippen LogP contribution in [0.4, 0.5) is 0 Å². The summed E-state index contributed by atoms with van der Waals surface area (Å²) in [4.78, 5) is 8.08. The van der Waals surface area contributed by atoms with Crippen molar-refractivity contribution >= 4 is 23.4 Å². The molecule has 0 amide bonds. The summed E-state index contributed by atoms with van der Waals surface area (Å²) in [6.45, 7) is 2.15. The minimum Gasteiger partial charge on any atom is -0.230 e. The van der Waals surface area contributed by atoms with E-state index in [0.29, 0.717) is 11.1 Å². The van der Waals surface area contributed by atoms with Crippen LogP contribution in [0.3, 0.4) is 0 Å². The van der Waals surface area contributed by atoms with Gasteiger partial charge < -0.3 is 0 Å². The standard InChI is InChI=1S/C7H7ClN2S/c1-4-2-11-7-5(4)6(8)9-3-10-7/h3-4H,2H2,1H3. The van der Waals surface area contributed by atoms with Gasteiger partial charge in [0.1, 0.15) is 16.5 Å². The maximum atomic E-state index is 5.90. The first-order chi connectivity index (χ1) is 5.29. The molecule has 1 aromatic heterocycles. The average molecular weight is 187 g/mol. The van der Waals surface area contributed by atoms with Gasteiger partial charge in [-0.2, -0.15) is 0 Å². The molecule has 0 aromatic carbocycles. The quantitative estimate of drug-likeness (QED) is 0.582. The zero-order valence-corrected chi connectivity index (χ0v) is 7.61. The van der Waals surface area contributed by atoms with Crippen molar-refractivity contribution in [3.63, 3.8) is 0 Å². The van der Waals surface area contributed by atoms with Crippen molar-refractivity contribution in [1.82, 2.24) is 9.97 Å². The summed E-state index contributed by atoms with van der Waals surface area (Å²) in [6.07, 6.45) is 1.52. The van der Waals surface area contributed by atoms with Crippen molar-refractivity contribution in [3.8, 4) is 0 Å². The number of halogens is 1. The first-order valence-corrected chi connectivity index (χ1v) is 4.78. The number of hydrogen-bond acceptors (Lipinski definition) is 3. The summed E-state index contributed by atoms with van der Waals surface area (Å²) in [5.74, 6) is 1.58. The molecule has 58 valence electrons. The van der Waals surface area contributed by atoms with Crippen molar-refractivity contribution in [2.75, 3.05) is 5.75 Å². The van der Waals surface area contributed by atoms with Gasteiger partial charge in [0.15, 0.2) is 0 Å². The number of nitrogens with zero attached hydrogens (tertiary/aromatic N) is 2. The Balaban J connectivity index is 2.58. The van der Waals surface area contributed by atoms with Crippen LogP contribution in [0.5, 0.6) is 0 Å². The molecule has 2 rings (SSSR count). The van der Waals surface area contributed by atoms with Crippen LogP contribution in [0.2, 0.25) is 5.15 Å². The summed E-state index contributed by atoms with van der Waals surface area (Å²) in [5, 5.41) is 1.67. The molecular weight excluding hydrogens is 180 g/mol. The van der Waals surface area contributed by atoms with Gasteiger partial charge in [-0.05, 0) is 5.92 Å². The Labute approximate surface area is 74.4 Å². The van der Waals surface area contributed by atoms with Gasteiger partial charge in [0, 0.05) is 11.3 Å². The van der Waals surface area contributed by atoms with Crippen LogP contribution in [-0.4, -0.2) is 15.7 Å². The number of aromatic nitrogens is 2. The molecule has 2 heterocycles. The minimum atomic E-state index is 0.503. The van der Waals surface area contributed by atoms with Crippen LogP contribution in [-0.2, 0) is 0 Å². The lowest BCUT2D eigenvalue weighted by Crippen LogP contribution is -1.93. The highest BCUT2D eigenvalue weighted by Gasteiger charge is 2.23. The van der Waals surface area contributed by atoms with E-state index in [-0.39, 0.29) is 0 Å². The van der Waals surface area contributed by atoms with Crippen LogP contribution in [0.25, 0.3) is 0 Å². The van der Waals surface area contributed by atoms with Crippen LogP contribution in [0.1, 0.15) is 18.4 Å². The Hall–Kier alpha value is -0.280. The predicted octanol–water partition coefficient (Wildman–Crippen LogP) is 2.34. The van der Waals surface area contributed by atoms with Crippen molar-refractivity contribution in [1.29, 1.82) is 0 Å². The summed E-state index contributed by atoms with van der Waals surface area (Å²) in [6, 6.07) is 0. The molecular formula is C7H7ClN2S. The monoisotopic (exact) mass is 186 g/mol. The average Bonchev–Trinajstić information content (AvgIpc) is 2.34. The molecule has 11 heavy (non-hydrogen) atoms. The third-order valence-electron chi connectivity index (χ3n) is 1.76. The zero-order chi connectivity index (χ0) is 7.84. The second-order valence-corrected chi connectivity index (χ2v) is 3.96. The molecule has 0 N–H and O–H groups in total. The molecule has 0 saturated carbocycles. The molecule has 0 spiro atoms. The second kappa shape index (κ2) is 2.64. The molecule has 1 aromatic rings. The smallest absolute Gasteiger partial charge is 0.137 e. The molecule has 1 atom stereocenters. The van der Waals surface area contributed by atoms with E-state index in [1.807, 2.05) is 0 Å². The van der Waals surface area contributed by atoms with Gasteiger partial charge in [0.2, 0.25) is 0 Å². The topological polar surface area (TPSA) is 25.8 Å². The largest absolute Gasteiger partial charge is 0.230 e. The highest BCUT2D eigenvalue weighted by Crippen LogP contribution is 2.40. The van der Waals surface area contributed by atoms with Gasteiger partial charge >= 0.3 is 0 Å². The SMILES string of the molecule is CC1CSc2ncnc(Cl)c21. The summed E-state index contributed by atoms with van der Waals surface area (Å²) in [5.41, 5.74) is 1.12. The van der Waals surface area contributed by atoms with E-state index < -0.39 is 0 Å². The normalized spacial score (nSPS) is 21.8. The third-order valence-corrected chi connectivity index (χ3v) is 3.33. The Bertz CT molecular complexity index is 290. The molecule has 1 aliphatic rings. The van der Waals surface area contributed by atoms with Gasteiger partial charge in [-0.25, -0.2) is 9.97 Å². The van der Waals surface area contributed by atoms with E-state index >= 15 is 0 Å². The van der Waals surface area contributed by atoms with Gasteiger partial charge in [0.25, 0.3) is 0 Å². The molecule has 0 radical (unpaired) electrons. The van der Waals surface area contributed by atoms with Crippen molar-refractivity contribution in [2.45, 2.75) is 17.9 Å². The Morgan fingerprint density at radius 2 is 2.45 bits per heavy atom. The molecule has 1 aliphatic heterocycles. The minimum absolute atomic E-state index is 0.503. The Morgan fingerprint density at radius 3 is 3.18 bits per heavy atom. The summed E-state index contributed by atoms with van der Waals surface area (Å²) in [7, 11) is 0. The highest BCUT2D eigenvalue weighted by atomic mass is 35.5. The summed E-state index contributed by atoms with van der Waals surface area (Å²) >= 11 is 7.65. The van der Waals surface area contributed by atoms with Crippen LogP contribution < -0.4 is 0 Å². The maximum Gasteiger partial charge on any atom is 0.137 e. The first kappa shape index (κ1) is 7.37. The number of rotatable bonds is 0. The second-order valence-electron chi connectivity index (χ2n) is 2.60. The Kier molecular flexibility index (Phi) is 1.77.